The van der Waals surface area contributed by atoms with E-state index in [1.54, 1.807) is 0 Å². The molecule has 5 atom stereocenters. The first-order valence-corrected chi connectivity index (χ1v) is 10.1. The topological polar surface area (TPSA) is 121 Å². The van der Waals surface area contributed by atoms with Gasteiger partial charge in [-0.15, -0.1) is 0 Å². The van der Waals surface area contributed by atoms with Crippen LogP contribution in [0, 0.1) is 0 Å². The minimum Gasteiger partial charge on any atom is -0.394 e. The first-order chi connectivity index (χ1) is 14.9. The second-order valence-corrected chi connectivity index (χ2v) is 7.57. The third-order valence-corrected chi connectivity index (χ3v) is 5.74. The first-order valence-electron chi connectivity index (χ1n) is 10.1. The highest BCUT2D eigenvalue weighted by molar-refractivity contribution is 5.52. The SMILES string of the molecule is OC[C@@H](O)[C@@H](O)[C@H](O)[C@@H](O)C(O)C(c1ccccc1)(c1ccccc1)c1ccccc1. The minimum absolute atomic E-state index is 0.670. The zero-order valence-corrected chi connectivity index (χ0v) is 16.9. The van der Waals surface area contributed by atoms with E-state index in [-0.39, 0.29) is 0 Å². The molecule has 6 heteroatoms. The molecule has 6 N–H and O–H groups in total. The molecule has 0 aromatic heterocycles. The van der Waals surface area contributed by atoms with Crippen molar-refractivity contribution in [3.8, 4) is 0 Å². The smallest absolute Gasteiger partial charge is 0.111 e. The average molecular weight is 424 g/mol. The molecule has 3 aromatic carbocycles. The Balaban J connectivity index is 2.22. The Hall–Kier alpha value is -2.58. The predicted octanol–water partition coefficient (Wildman–Crippen LogP) is 0.818. The maximum atomic E-state index is 11.6. The Kier molecular flexibility index (Phi) is 7.56. The quantitative estimate of drug-likeness (QED) is 0.283. The monoisotopic (exact) mass is 424 g/mol. The summed E-state index contributed by atoms with van der Waals surface area (Å²) in [6.07, 6.45) is -8.90. The molecule has 0 bridgehead atoms. The van der Waals surface area contributed by atoms with Crippen LogP contribution in [-0.2, 0) is 5.41 Å². The van der Waals surface area contributed by atoms with Gasteiger partial charge in [0.2, 0.25) is 0 Å². The minimum atomic E-state index is -1.91. The summed E-state index contributed by atoms with van der Waals surface area (Å²) in [6, 6.07) is 27.3. The van der Waals surface area contributed by atoms with Gasteiger partial charge in [-0.05, 0) is 16.7 Å². The van der Waals surface area contributed by atoms with Gasteiger partial charge in [0.05, 0.1) is 12.0 Å². The summed E-state index contributed by atoms with van der Waals surface area (Å²) in [5, 5.41) is 62.1. The van der Waals surface area contributed by atoms with Crippen molar-refractivity contribution in [3.05, 3.63) is 108 Å². The molecule has 0 fully saturated rings. The second-order valence-electron chi connectivity index (χ2n) is 7.57. The van der Waals surface area contributed by atoms with E-state index in [0.29, 0.717) is 16.7 Å². The molecular weight excluding hydrogens is 396 g/mol. The normalized spacial score (nSPS) is 16.8. The number of aliphatic hydroxyl groups is 6. The lowest BCUT2D eigenvalue weighted by atomic mass is 9.64. The molecule has 0 saturated heterocycles. The van der Waals surface area contributed by atoms with Crippen LogP contribution in [0.1, 0.15) is 16.7 Å². The standard InChI is InChI=1S/C25H28O6/c26-16-20(27)21(28)22(29)23(30)24(31)25(17-10-4-1-5-11-17,18-12-6-2-7-13-18)19-14-8-3-9-15-19/h1-15,20-24,26-31H,16H2/t20-,21-,22+,23-,24?/m1/s1. The molecule has 0 radical (unpaired) electrons. The van der Waals surface area contributed by atoms with Gasteiger partial charge in [-0.1, -0.05) is 91.0 Å². The summed E-state index contributed by atoms with van der Waals surface area (Å²) in [5.74, 6) is 0. The molecule has 0 aliphatic rings. The van der Waals surface area contributed by atoms with Crippen LogP contribution in [0.15, 0.2) is 91.0 Å². The summed E-state index contributed by atoms with van der Waals surface area (Å²) < 4.78 is 0. The van der Waals surface area contributed by atoms with Gasteiger partial charge in [0.1, 0.15) is 30.5 Å². The third-order valence-electron chi connectivity index (χ3n) is 5.74. The molecule has 6 nitrogen and oxygen atoms in total. The molecule has 0 amide bonds. The summed E-state index contributed by atoms with van der Waals surface area (Å²) >= 11 is 0. The van der Waals surface area contributed by atoms with Crippen LogP contribution in [0.3, 0.4) is 0 Å². The van der Waals surface area contributed by atoms with Crippen molar-refractivity contribution in [1.29, 1.82) is 0 Å². The molecule has 31 heavy (non-hydrogen) atoms. The fourth-order valence-electron chi connectivity index (χ4n) is 4.10. The maximum Gasteiger partial charge on any atom is 0.111 e. The van der Waals surface area contributed by atoms with E-state index < -0.39 is 42.5 Å². The van der Waals surface area contributed by atoms with Crippen molar-refractivity contribution in [2.75, 3.05) is 6.61 Å². The summed E-state index contributed by atoms with van der Waals surface area (Å²) in [4.78, 5) is 0. The summed E-state index contributed by atoms with van der Waals surface area (Å²) in [5.41, 5.74) is 0.712. The predicted molar refractivity (Wildman–Crippen MR) is 116 cm³/mol. The largest absolute Gasteiger partial charge is 0.394 e. The van der Waals surface area contributed by atoms with Gasteiger partial charge in [0.15, 0.2) is 0 Å². The van der Waals surface area contributed by atoms with E-state index in [1.165, 1.54) is 0 Å². The molecule has 164 valence electrons. The lowest BCUT2D eigenvalue weighted by Crippen LogP contribution is -2.56. The molecular formula is C25H28O6. The molecule has 0 heterocycles. The fourth-order valence-corrected chi connectivity index (χ4v) is 4.10. The van der Waals surface area contributed by atoms with Gasteiger partial charge >= 0.3 is 0 Å². The van der Waals surface area contributed by atoms with E-state index >= 15 is 0 Å². The van der Waals surface area contributed by atoms with Gasteiger partial charge in [-0.25, -0.2) is 0 Å². The zero-order chi connectivity index (χ0) is 22.4. The van der Waals surface area contributed by atoms with Crippen molar-refractivity contribution in [3.63, 3.8) is 0 Å². The molecule has 3 aromatic rings. The number of hydrogen-bond acceptors (Lipinski definition) is 6. The van der Waals surface area contributed by atoms with Gasteiger partial charge in [-0.3, -0.25) is 0 Å². The van der Waals surface area contributed by atoms with Gasteiger partial charge in [0, 0.05) is 0 Å². The van der Waals surface area contributed by atoms with E-state index in [1.807, 2.05) is 91.0 Å². The average Bonchev–Trinajstić information content (AvgIpc) is 2.84. The Morgan fingerprint density at radius 1 is 0.516 bits per heavy atom. The van der Waals surface area contributed by atoms with E-state index in [2.05, 4.69) is 0 Å². The van der Waals surface area contributed by atoms with Crippen LogP contribution in [-0.4, -0.2) is 67.8 Å². The van der Waals surface area contributed by atoms with Crippen molar-refractivity contribution in [2.24, 2.45) is 0 Å². The van der Waals surface area contributed by atoms with Crippen LogP contribution in [0.25, 0.3) is 0 Å². The van der Waals surface area contributed by atoms with Gasteiger partial charge < -0.3 is 30.6 Å². The molecule has 0 spiro atoms. The van der Waals surface area contributed by atoms with Crippen molar-refractivity contribution in [2.45, 2.75) is 35.9 Å². The van der Waals surface area contributed by atoms with Crippen LogP contribution in [0.2, 0.25) is 0 Å². The summed E-state index contributed by atoms with van der Waals surface area (Å²) in [7, 11) is 0. The number of hydrogen-bond donors (Lipinski definition) is 6. The van der Waals surface area contributed by atoms with Crippen molar-refractivity contribution in [1.82, 2.24) is 0 Å². The molecule has 0 aliphatic heterocycles. The maximum absolute atomic E-state index is 11.6. The molecule has 0 aliphatic carbocycles. The fraction of sp³-hybridized carbons (Fsp3) is 0.280. The first kappa shape index (κ1) is 23.1. The highest BCUT2D eigenvalue weighted by atomic mass is 16.4. The van der Waals surface area contributed by atoms with E-state index in [0.717, 1.165) is 0 Å². The van der Waals surface area contributed by atoms with E-state index in [9.17, 15) is 25.5 Å². The van der Waals surface area contributed by atoms with Gasteiger partial charge in [0.25, 0.3) is 0 Å². The number of benzene rings is 3. The van der Waals surface area contributed by atoms with Crippen molar-refractivity contribution < 1.29 is 30.6 Å². The Bertz CT molecular complexity index is 822. The Morgan fingerprint density at radius 2 is 0.871 bits per heavy atom. The van der Waals surface area contributed by atoms with Crippen LogP contribution >= 0.6 is 0 Å². The highest BCUT2D eigenvalue weighted by Gasteiger charge is 2.49. The molecule has 1 unspecified atom stereocenters. The second kappa shape index (κ2) is 10.2. The Morgan fingerprint density at radius 3 is 1.19 bits per heavy atom. The van der Waals surface area contributed by atoms with Crippen LogP contribution in [0.5, 0.6) is 0 Å². The molecule has 3 rings (SSSR count). The third kappa shape index (κ3) is 4.41. The summed E-state index contributed by atoms with van der Waals surface area (Å²) in [6.45, 7) is -0.803. The lowest BCUT2D eigenvalue weighted by Gasteiger charge is -2.43. The van der Waals surface area contributed by atoms with Crippen LogP contribution in [0.4, 0.5) is 0 Å². The van der Waals surface area contributed by atoms with Crippen molar-refractivity contribution >= 4 is 0 Å². The Labute approximate surface area is 181 Å². The zero-order valence-electron chi connectivity index (χ0n) is 16.9. The lowest BCUT2D eigenvalue weighted by molar-refractivity contribution is -0.147. The van der Waals surface area contributed by atoms with E-state index in [4.69, 9.17) is 5.11 Å². The number of rotatable bonds is 9. The molecule has 0 saturated carbocycles. The highest BCUT2D eigenvalue weighted by Crippen LogP contribution is 2.43. The number of aliphatic hydroxyl groups excluding tert-OH is 6. The van der Waals surface area contributed by atoms with Crippen LogP contribution < -0.4 is 0 Å². The van der Waals surface area contributed by atoms with Gasteiger partial charge in [-0.2, -0.15) is 0 Å².